The second kappa shape index (κ2) is 15.9. The van der Waals surface area contributed by atoms with E-state index in [0.29, 0.717) is 6.42 Å². The Bertz CT molecular complexity index is 460. The predicted octanol–water partition coefficient (Wildman–Crippen LogP) is 3.61. The zero-order valence-electron chi connectivity index (χ0n) is 19.8. The molecule has 0 aromatic carbocycles. The van der Waals surface area contributed by atoms with Gasteiger partial charge in [-0.05, 0) is 6.42 Å². The number of quaternary nitrogens is 1. The molecule has 0 bridgehead atoms. The van der Waals surface area contributed by atoms with Crippen molar-refractivity contribution >= 4 is 11.8 Å². The Morgan fingerprint density at radius 2 is 1.25 bits per heavy atom. The number of unbranched alkanes of at least 4 members (excludes halogenated alkanes) is 12. The molecule has 1 unspecified atom stereocenters. The number of nitrogens with zero attached hydrogens (tertiary/aromatic N) is 1. The van der Waals surface area contributed by atoms with E-state index >= 15 is 0 Å². The van der Waals surface area contributed by atoms with Crippen LogP contribution in [-0.2, 0) is 9.59 Å². The minimum atomic E-state index is -2.36. The largest absolute Gasteiger partial charge is 0.550 e. The third-order valence-electron chi connectivity index (χ3n) is 5.25. The summed E-state index contributed by atoms with van der Waals surface area (Å²) in [7, 11) is 5.09. The van der Waals surface area contributed by atoms with Crippen molar-refractivity contribution < 1.29 is 25.7 Å². The van der Waals surface area contributed by atoms with E-state index in [1.54, 1.807) is 21.1 Å². The van der Waals surface area contributed by atoms with E-state index < -0.39 is 24.5 Å². The van der Waals surface area contributed by atoms with Gasteiger partial charge in [-0.2, -0.15) is 0 Å². The monoisotopic (exact) mass is 400 g/mol. The van der Waals surface area contributed by atoms with Gasteiger partial charge in [-0.3, -0.25) is 4.79 Å². The maximum absolute atomic E-state index is 12.6. The summed E-state index contributed by atoms with van der Waals surface area (Å²) in [6.45, 7) is 2.24. The van der Waals surface area contributed by atoms with Crippen LogP contribution < -0.4 is 5.11 Å². The first kappa shape index (κ1) is 25.1. The van der Waals surface area contributed by atoms with Gasteiger partial charge in [0.25, 0.3) is 0 Å². The number of hydrogen-bond donors (Lipinski definition) is 1. The molecule has 28 heavy (non-hydrogen) atoms. The zero-order chi connectivity index (χ0) is 22.3. The second-order valence-electron chi connectivity index (χ2n) is 9.02. The van der Waals surface area contributed by atoms with Crippen molar-refractivity contribution in [1.29, 1.82) is 0 Å². The number of carboxylic acid groups (broad SMARTS) is 1. The lowest BCUT2D eigenvalue weighted by molar-refractivity contribution is -0.890. The number of likely N-dealkylation sites (N-methyl/N-ethyl adjacent to an activating group) is 1. The molecule has 166 valence electrons. The van der Waals surface area contributed by atoms with E-state index in [1.807, 2.05) is 0 Å². The Labute approximate surface area is 174 Å². The van der Waals surface area contributed by atoms with Gasteiger partial charge in [0.05, 0.1) is 22.5 Å². The molecule has 0 heterocycles. The van der Waals surface area contributed by atoms with E-state index in [9.17, 15) is 19.8 Å². The van der Waals surface area contributed by atoms with Gasteiger partial charge in [0.15, 0.2) is 11.8 Å². The molecule has 0 aliphatic rings. The maximum atomic E-state index is 12.6. The smallest absolute Gasteiger partial charge is 0.192 e. The summed E-state index contributed by atoms with van der Waals surface area (Å²) < 4.78 is 7.99. The number of carbonyl (C=O) groups excluding carboxylic acids is 2. The molecule has 0 amide bonds. The minimum Gasteiger partial charge on any atom is -0.550 e. The lowest BCUT2D eigenvalue weighted by atomic mass is 9.96. The standard InChI is InChI=1S/C23H45NO4/c1-5-6-7-8-9-10-11-12-13-14-15-16-17-18-20(25)23(24(2,3)4)21(26)19-22(27)28/h21,23,26H,5-19H2,1-4H3/t21-,23?/m1/s1/i21D. The van der Waals surface area contributed by atoms with Gasteiger partial charge < -0.3 is 19.5 Å². The topological polar surface area (TPSA) is 77.4 Å². The summed E-state index contributed by atoms with van der Waals surface area (Å²) >= 11 is 0. The van der Waals surface area contributed by atoms with Gasteiger partial charge in [0, 0.05) is 18.8 Å². The molecule has 0 saturated carbocycles. The van der Waals surface area contributed by atoms with Crippen LogP contribution in [0.25, 0.3) is 0 Å². The van der Waals surface area contributed by atoms with Crippen LogP contribution in [0.1, 0.15) is 105 Å². The van der Waals surface area contributed by atoms with Crippen molar-refractivity contribution in [2.24, 2.45) is 0 Å². The number of carbonyl (C=O) groups is 2. The highest BCUT2D eigenvalue weighted by Crippen LogP contribution is 2.17. The molecular formula is C23H45NO4. The Morgan fingerprint density at radius 1 is 0.857 bits per heavy atom. The second-order valence-corrected chi connectivity index (χ2v) is 9.02. The number of hydrogen-bond acceptors (Lipinski definition) is 4. The van der Waals surface area contributed by atoms with Crippen molar-refractivity contribution in [2.45, 2.75) is 115 Å². The molecule has 0 spiro atoms. The predicted molar refractivity (Wildman–Crippen MR) is 113 cm³/mol. The highest BCUT2D eigenvalue weighted by atomic mass is 16.4. The fourth-order valence-electron chi connectivity index (χ4n) is 3.76. The molecule has 0 aromatic rings. The third kappa shape index (κ3) is 14.1. The number of aliphatic carboxylic acids is 1. The van der Waals surface area contributed by atoms with Crippen molar-refractivity contribution in [1.82, 2.24) is 0 Å². The molecule has 2 atom stereocenters. The summed E-state index contributed by atoms with van der Waals surface area (Å²) in [5.41, 5.74) is 0. The average molecular weight is 401 g/mol. The van der Waals surface area contributed by atoms with Crippen molar-refractivity contribution in [3.8, 4) is 0 Å². The number of rotatable bonds is 19. The Hall–Kier alpha value is -0.940. The molecule has 0 aliphatic carbocycles. The fraction of sp³-hybridized carbons (Fsp3) is 0.913. The number of aliphatic hydroxyl groups is 1. The fourth-order valence-corrected chi connectivity index (χ4v) is 3.76. The van der Waals surface area contributed by atoms with Crippen molar-refractivity contribution in [3.63, 3.8) is 0 Å². The first-order valence-electron chi connectivity index (χ1n) is 11.8. The quantitative estimate of drug-likeness (QED) is 0.265. The summed E-state index contributed by atoms with van der Waals surface area (Å²) in [4.78, 5) is 23.5. The average Bonchev–Trinajstić information content (AvgIpc) is 2.56. The van der Waals surface area contributed by atoms with Gasteiger partial charge in [-0.1, -0.05) is 84.0 Å². The van der Waals surface area contributed by atoms with Crippen LogP contribution >= 0.6 is 0 Å². The maximum Gasteiger partial charge on any atom is 0.192 e. The van der Waals surface area contributed by atoms with Crippen LogP contribution in [0.5, 0.6) is 0 Å². The van der Waals surface area contributed by atoms with E-state index in [0.717, 1.165) is 12.8 Å². The molecule has 0 aliphatic heterocycles. The molecule has 0 fully saturated rings. The molecular weight excluding hydrogens is 354 g/mol. The van der Waals surface area contributed by atoms with Crippen LogP contribution in [0, 0.1) is 0 Å². The Kier molecular flexibility index (Phi) is 14.3. The normalized spacial score (nSPS) is 15.7. The molecule has 5 heteroatoms. The van der Waals surface area contributed by atoms with Gasteiger partial charge in [-0.25, -0.2) is 0 Å². The molecule has 0 rings (SSSR count). The zero-order valence-corrected chi connectivity index (χ0v) is 18.8. The highest BCUT2D eigenvalue weighted by molar-refractivity contribution is 5.84. The Morgan fingerprint density at radius 3 is 1.61 bits per heavy atom. The van der Waals surface area contributed by atoms with Crippen LogP contribution in [0.4, 0.5) is 0 Å². The summed E-state index contributed by atoms with van der Waals surface area (Å²) in [6.07, 6.45) is 12.9. The van der Waals surface area contributed by atoms with Gasteiger partial charge in [-0.15, -0.1) is 0 Å². The van der Waals surface area contributed by atoms with Crippen LogP contribution in [0.3, 0.4) is 0 Å². The van der Waals surface area contributed by atoms with Gasteiger partial charge in [0.1, 0.15) is 6.08 Å². The first-order valence-corrected chi connectivity index (χ1v) is 11.3. The van der Waals surface area contributed by atoms with Gasteiger partial charge in [0.2, 0.25) is 0 Å². The van der Waals surface area contributed by atoms with E-state index in [2.05, 4.69) is 6.92 Å². The van der Waals surface area contributed by atoms with E-state index in [-0.39, 0.29) is 16.7 Å². The lowest BCUT2D eigenvalue weighted by Gasteiger charge is -2.36. The summed E-state index contributed by atoms with van der Waals surface area (Å²) in [5.74, 6) is -1.77. The molecule has 1 N–H and O–H groups in total. The van der Waals surface area contributed by atoms with Crippen LogP contribution in [-0.4, -0.2) is 54.6 Å². The number of ketones is 1. The minimum absolute atomic E-state index is 0.0184. The van der Waals surface area contributed by atoms with Crippen LogP contribution in [0.2, 0.25) is 0 Å². The Balaban J connectivity index is 3.99. The van der Waals surface area contributed by atoms with Crippen molar-refractivity contribution in [2.75, 3.05) is 21.1 Å². The van der Waals surface area contributed by atoms with Crippen molar-refractivity contribution in [3.05, 3.63) is 0 Å². The van der Waals surface area contributed by atoms with E-state index in [1.165, 1.54) is 64.2 Å². The van der Waals surface area contributed by atoms with E-state index in [4.69, 9.17) is 1.37 Å². The number of carboxylic acids is 1. The third-order valence-corrected chi connectivity index (χ3v) is 5.25. The van der Waals surface area contributed by atoms with Gasteiger partial charge >= 0.3 is 0 Å². The van der Waals surface area contributed by atoms with Crippen LogP contribution in [0.15, 0.2) is 0 Å². The molecule has 5 nitrogen and oxygen atoms in total. The molecule has 0 aromatic heterocycles. The first-order chi connectivity index (χ1) is 13.5. The summed E-state index contributed by atoms with van der Waals surface area (Å²) in [6, 6.07) is -1.10. The lowest BCUT2D eigenvalue weighted by Crippen LogP contribution is -2.57. The number of Topliss-reactive ketones (excluding diaryl/α,β-unsaturated/α-hetero) is 1. The molecule has 0 saturated heterocycles. The highest BCUT2D eigenvalue weighted by Gasteiger charge is 2.37. The molecule has 0 radical (unpaired) electrons. The SMILES string of the molecule is [2H][C@@](O)(CC(=O)[O-])C(C(=O)CCCCCCCCCCCCCCC)[N+](C)(C)C. The summed E-state index contributed by atoms with van der Waals surface area (Å²) in [5, 5.41) is 21.1.